The van der Waals surface area contributed by atoms with Crippen molar-refractivity contribution in [3.05, 3.63) is 42.0 Å². The number of nitrogens with one attached hydrogen (secondary N) is 1. The molecule has 110 valence electrons. The molecule has 1 N–H and O–H groups in total. The highest BCUT2D eigenvalue weighted by Gasteiger charge is 2.23. The van der Waals surface area contributed by atoms with E-state index in [4.69, 9.17) is 4.98 Å². The summed E-state index contributed by atoms with van der Waals surface area (Å²) in [5.74, 6) is 3.24. The third kappa shape index (κ3) is 3.12. The topological polar surface area (TPSA) is 53.9 Å². The monoisotopic (exact) mass is 283 g/mol. The van der Waals surface area contributed by atoms with Gasteiger partial charge in [-0.25, -0.2) is 15.0 Å². The highest BCUT2D eigenvalue weighted by atomic mass is 15.2. The van der Waals surface area contributed by atoms with Gasteiger partial charge in [-0.05, 0) is 38.0 Å². The number of hydrogen-bond acceptors (Lipinski definition) is 5. The second-order valence-corrected chi connectivity index (χ2v) is 5.44. The maximum Gasteiger partial charge on any atom is 0.132 e. The van der Waals surface area contributed by atoms with Crippen LogP contribution >= 0.6 is 0 Å². The Kier molecular flexibility index (Phi) is 3.99. The number of nitrogens with zero attached hydrogens (tertiary/aromatic N) is 4. The zero-order chi connectivity index (χ0) is 14.7. The lowest BCUT2D eigenvalue weighted by atomic mass is 9.94. The van der Waals surface area contributed by atoms with Crippen LogP contribution in [0.25, 0.3) is 0 Å². The molecule has 0 radical (unpaired) electrons. The van der Waals surface area contributed by atoms with Crippen LogP contribution in [-0.4, -0.2) is 35.1 Å². The molecule has 0 aliphatic carbocycles. The van der Waals surface area contributed by atoms with Gasteiger partial charge in [0, 0.05) is 37.9 Å². The van der Waals surface area contributed by atoms with Gasteiger partial charge >= 0.3 is 0 Å². The van der Waals surface area contributed by atoms with Crippen molar-refractivity contribution >= 4 is 11.6 Å². The number of piperidine rings is 1. The van der Waals surface area contributed by atoms with Gasteiger partial charge in [-0.1, -0.05) is 6.07 Å². The van der Waals surface area contributed by atoms with Gasteiger partial charge in [-0.2, -0.15) is 0 Å². The normalized spacial score (nSPS) is 18.6. The van der Waals surface area contributed by atoms with Crippen molar-refractivity contribution in [1.82, 2.24) is 15.0 Å². The minimum atomic E-state index is 0.460. The molecule has 5 heteroatoms. The lowest BCUT2D eigenvalue weighted by Gasteiger charge is -2.33. The van der Waals surface area contributed by atoms with Crippen LogP contribution in [0.2, 0.25) is 0 Å². The van der Waals surface area contributed by atoms with Gasteiger partial charge in [0.1, 0.15) is 17.5 Å². The number of anilines is 2. The summed E-state index contributed by atoms with van der Waals surface area (Å²) in [6.45, 7) is 3.96. The Morgan fingerprint density at radius 3 is 2.95 bits per heavy atom. The van der Waals surface area contributed by atoms with E-state index in [2.05, 4.69) is 32.3 Å². The number of hydrogen-bond donors (Lipinski definition) is 1. The Morgan fingerprint density at radius 1 is 1.24 bits per heavy atom. The highest BCUT2D eigenvalue weighted by molar-refractivity contribution is 5.40. The molecule has 0 aromatic carbocycles. The third-order valence-corrected chi connectivity index (χ3v) is 3.95. The van der Waals surface area contributed by atoms with Crippen LogP contribution in [-0.2, 0) is 0 Å². The van der Waals surface area contributed by atoms with Crippen LogP contribution in [0.1, 0.15) is 30.3 Å². The molecule has 3 rings (SSSR count). The second-order valence-electron chi connectivity index (χ2n) is 5.44. The summed E-state index contributed by atoms with van der Waals surface area (Å²) < 4.78 is 0. The summed E-state index contributed by atoms with van der Waals surface area (Å²) in [6, 6.07) is 8.19. The molecule has 1 saturated heterocycles. The molecule has 1 atom stereocenters. The van der Waals surface area contributed by atoms with E-state index in [1.165, 1.54) is 12.8 Å². The molecule has 1 fully saturated rings. The number of rotatable bonds is 3. The van der Waals surface area contributed by atoms with E-state index < -0.39 is 0 Å². The van der Waals surface area contributed by atoms with E-state index in [-0.39, 0.29) is 0 Å². The van der Waals surface area contributed by atoms with Crippen molar-refractivity contribution in [3.8, 4) is 0 Å². The predicted molar refractivity (Wildman–Crippen MR) is 84.7 cm³/mol. The summed E-state index contributed by atoms with van der Waals surface area (Å²) in [4.78, 5) is 15.8. The van der Waals surface area contributed by atoms with Gasteiger partial charge in [0.05, 0.1) is 0 Å². The lowest BCUT2D eigenvalue weighted by molar-refractivity contribution is 0.498. The van der Waals surface area contributed by atoms with Gasteiger partial charge in [0.2, 0.25) is 0 Å². The zero-order valence-corrected chi connectivity index (χ0v) is 12.6. The second kappa shape index (κ2) is 6.08. The molecular formula is C16H21N5. The first-order valence-electron chi connectivity index (χ1n) is 7.45. The van der Waals surface area contributed by atoms with Crippen LogP contribution < -0.4 is 10.2 Å². The molecule has 0 amide bonds. The lowest BCUT2D eigenvalue weighted by Crippen LogP contribution is -2.35. The fourth-order valence-electron chi connectivity index (χ4n) is 2.86. The first-order valence-corrected chi connectivity index (χ1v) is 7.45. The van der Waals surface area contributed by atoms with Crippen LogP contribution in [0.15, 0.2) is 30.5 Å². The van der Waals surface area contributed by atoms with Crippen molar-refractivity contribution in [2.45, 2.75) is 25.7 Å². The Labute approximate surface area is 125 Å². The third-order valence-electron chi connectivity index (χ3n) is 3.95. The molecule has 0 saturated carbocycles. The van der Waals surface area contributed by atoms with Crippen LogP contribution in [0.3, 0.4) is 0 Å². The van der Waals surface area contributed by atoms with E-state index in [1.807, 2.05) is 32.3 Å². The van der Waals surface area contributed by atoms with Gasteiger partial charge in [-0.15, -0.1) is 0 Å². The van der Waals surface area contributed by atoms with Crippen molar-refractivity contribution in [3.63, 3.8) is 0 Å². The molecule has 1 aliphatic rings. The number of aryl methyl sites for hydroxylation is 1. The van der Waals surface area contributed by atoms with Crippen molar-refractivity contribution in [2.24, 2.45) is 0 Å². The highest BCUT2D eigenvalue weighted by Crippen LogP contribution is 2.28. The molecule has 21 heavy (non-hydrogen) atoms. The SMILES string of the molecule is CNc1cccc(C2CCCN(c3ccnc(C)n3)C2)n1. The minimum absolute atomic E-state index is 0.460. The van der Waals surface area contributed by atoms with E-state index in [1.54, 1.807) is 0 Å². The van der Waals surface area contributed by atoms with Crippen molar-refractivity contribution < 1.29 is 0 Å². The predicted octanol–water partition coefficient (Wildman–Crippen LogP) is 2.61. The van der Waals surface area contributed by atoms with Gasteiger partial charge in [-0.3, -0.25) is 0 Å². The molecule has 0 bridgehead atoms. The molecule has 1 aliphatic heterocycles. The van der Waals surface area contributed by atoms with E-state index in [9.17, 15) is 0 Å². The summed E-state index contributed by atoms with van der Waals surface area (Å²) in [5, 5.41) is 3.11. The maximum atomic E-state index is 4.69. The zero-order valence-electron chi connectivity index (χ0n) is 12.6. The van der Waals surface area contributed by atoms with Crippen LogP contribution in [0.5, 0.6) is 0 Å². The summed E-state index contributed by atoms with van der Waals surface area (Å²) in [7, 11) is 1.91. The fourth-order valence-corrected chi connectivity index (χ4v) is 2.86. The quantitative estimate of drug-likeness (QED) is 0.938. The first-order chi connectivity index (χ1) is 10.3. The standard InChI is InChI=1S/C16H21N5/c1-12-18-9-8-16(19-12)21-10-4-5-13(11-21)14-6-3-7-15(17-2)20-14/h3,6-9,13H,4-5,10-11H2,1-2H3,(H,17,20). The smallest absolute Gasteiger partial charge is 0.132 e. The summed E-state index contributed by atoms with van der Waals surface area (Å²) >= 11 is 0. The summed E-state index contributed by atoms with van der Waals surface area (Å²) in [6.07, 6.45) is 4.18. The van der Waals surface area contributed by atoms with E-state index in [0.717, 1.165) is 36.2 Å². The van der Waals surface area contributed by atoms with Gasteiger partial charge in [0.15, 0.2) is 0 Å². The molecule has 1 unspecified atom stereocenters. The largest absolute Gasteiger partial charge is 0.373 e. The Morgan fingerprint density at radius 2 is 2.14 bits per heavy atom. The molecule has 2 aromatic rings. The fraction of sp³-hybridized carbons (Fsp3) is 0.438. The molecule has 0 spiro atoms. The number of pyridine rings is 1. The summed E-state index contributed by atoms with van der Waals surface area (Å²) in [5.41, 5.74) is 1.16. The van der Waals surface area contributed by atoms with Crippen molar-refractivity contribution in [2.75, 3.05) is 30.4 Å². The Balaban J connectivity index is 1.79. The molecular weight excluding hydrogens is 262 g/mol. The maximum absolute atomic E-state index is 4.69. The number of aromatic nitrogens is 3. The Hall–Kier alpha value is -2.17. The Bertz CT molecular complexity index is 613. The van der Waals surface area contributed by atoms with E-state index in [0.29, 0.717) is 5.92 Å². The minimum Gasteiger partial charge on any atom is -0.373 e. The average molecular weight is 283 g/mol. The van der Waals surface area contributed by atoms with Crippen LogP contribution in [0, 0.1) is 6.92 Å². The van der Waals surface area contributed by atoms with Crippen molar-refractivity contribution in [1.29, 1.82) is 0 Å². The molecule has 2 aromatic heterocycles. The molecule has 5 nitrogen and oxygen atoms in total. The van der Waals surface area contributed by atoms with Crippen LogP contribution in [0.4, 0.5) is 11.6 Å². The first kappa shape index (κ1) is 13.8. The van der Waals surface area contributed by atoms with E-state index >= 15 is 0 Å². The average Bonchev–Trinajstić information content (AvgIpc) is 2.55. The van der Waals surface area contributed by atoms with Gasteiger partial charge in [0.25, 0.3) is 0 Å². The van der Waals surface area contributed by atoms with Gasteiger partial charge < -0.3 is 10.2 Å². The molecule has 3 heterocycles.